The van der Waals surface area contributed by atoms with Gasteiger partial charge in [0, 0.05) is 32.6 Å². The molecule has 0 aliphatic rings. The number of rotatable bonds is 50. The maximum atomic E-state index is 12.5. The van der Waals surface area contributed by atoms with E-state index in [1.165, 1.54) is 205 Å². The Hall–Kier alpha value is -1.14. The van der Waals surface area contributed by atoms with Crippen LogP contribution in [0.25, 0.3) is 0 Å². The Balaban J connectivity index is 4.20. The van der Waals surface area contributed by atoms with Crippen LogP contribution in [0.2, 0.25) is 0 Å². The molecular weight excluding hydrogens is 755 g/mol. The molecule has 6 nitrogen and oxygen atoms in total. The highest BCUT2D eigenvalue weighted by atomic mass is 16.5. The number of nitrogens with zero attached hydrogens (tertiary/aromatic N) is 1. The summed E-state index contributed by atoms with van der Waals surface area (Å²) in [5, 5.41) is 0. The number of hydrogen-bond acceptors (Lipinski definition) is 6. The molecule has 6 heteroatoms. The number of hydrogen-bond donors (Lipinski definition) is 0. The van der Waals surface area contributed by atoms with Gasteiger partial charge in [-0.3, -0.25) is 9.59 Å². The minimum atomic E-state index is 0.0366. The number of unbranched alkanes of at least 4 members (excludes halogenated alkanes) is 22. The quantitative estimate of drug-likeness (QED) is 0.0448. The molecule has 0 fully saturated rings. The van der Waals surface area contributed by atoms with E-state index in [1.807, 2.05) is 0 Å². The summed E-state index contributed by atoms with van der Waals surface area (Å²) in [4.78, 5) is 27.5. The van der Waals surface area contributed by atoms with Crippen LogP contribution in [0.1, 0.15) is 279 Å². The molecule has 0 N–H and O–H groups in total. The van der Waals surface area contributed by atoms with Crippen LogP contribution >= 0.6 is 0 Å². The van der Waals surface area contributed by atoms with Gasteiger partial charge in [-0.05, 0) is 88.6 Å². The highest BCUT2D eigenvalue weighted by Gasteiger charge is 2.16. The molecule has 0 amide bonds. The molecule has 0 saturated heterocycles. The first-order chi connectivity index (χ1) is 29.9. The Morgan fingerprint density at radius 3 is 1.02 bits per heavy atom. The minimum Gasteiger partial charge on any atom is -0.466 e. The van der Waals surface area contributed by atoms with Crippen LogP contribution in [0.5, 0.6) is 0 Å². The first-order valence-corrected chi connectivity index (χ1v) is 27.5. The second kappa shape index (κ2) is 48.3. The van der Waals surface area contributed by atoms with Crippen molar-refractivity contribution >= 4 is 11.9 Å². The topological polar surface area (TPSA) is 65.1 Å². The van der Waals surface area contributed by atoms with Gasteiger partial charge in [-0.25, -0.2) is 0 Å². The van der Waals surface area contributed by atoms with Crippen LogP contribution in [0.15, 0.2) is 0 Å². The molecule has 0 rings (SSSR count). The molecule has 0 aliphatic carbocycles. The van der Waals surface area contributed by atoms with Gasteiger partial charge in [-0.1, -0.05) is 208 Å². The van der Waals surface area contributed by atoms with Crippen LogP contribution < -0.4 is 0 Å². The molecule has 364 valence electrons. The third-order valence-electron chi connectivity index (χ3n) is 13.3. The van der Waals surface area contributed by atoms with E-state index in [0.717, 1.165) is 52.1 Å². The summed E-state index contributed by atoms with van der Waals surface area (Å²) in [5.74, 6) is 1.80. The molecule has 0 bridgehead atoms. The summed E-state index contributed by atoms with van der Waals surface area (Å²) in [6, 6.07) is 0. The van der Waals surface area contributed by atoms with Crippen LogP contribution in [0.3, 0.4) is 0 Å². The molecule has 0 heterocycles. The maximum absolute atomic E-state index is 12.5. The molecule has 0 atom stereocenters. The van der Waals surface area contributed by atoms with Crippen LogP contribution in [-0.2, 0) is 23.8 Å². The highest BCUT2D eigenvalue weighted by Crippen LogP contribution is 2.24. The second-order valence-electron chi connectivity index (χ2n) is 19.1. The van der Waals surface area contributed by atoms with E-state index in [-0.39, 0.29) is 11.9 Å². The monoisotopic (exact) mass is 864 g/mol. The van der Waals surface area contributed by atoms with Gasteiger partial charge in [0.1, 0.15) is 0 Å². The van der Waals surface area contributed by atoms with Crippen molar-refractivity contribution in [3.05, 3.63) is 0 Å². The zero-order valence-electron chi connectivity index (χ0n) is 42.3. The van der Waals surface area contributed by atoms with Crippen molar-refractivity contribution in [1.29, 1.82) is 0 Å². The normalized spacial score (nSPS) is 11.8. The van der Waals surface area contributed by atoms with Crippen molar-refractivity contribution in [2.75, 3.05) is 46.1 Å². The van der Waals surface area contributed by atoms with Gasteiger partial charge in [-0.2, -0.15) is 0 Å². The van der Waals surface area contributed by atoms with Gasteiger partial charge in [0.05, 0.1) is 13.2 Å². The highest BCUT2D eigenvalue weighted by molar-refractivity contribution is 5.70. The van der Waals surface area contributed by atoms with Gasteiger partial charge in [0.2, 0.25) is 0 Å². The zero-order chi connectivity index (χ0) is 44.7. The lowest BCUT2D eigenvalue weighted by Gasteiger charge is -2.19. The van der Waals surface area contributed by atoms with E-state index in [9.17, 15) is 9.59 Å². The van der Waals surface area contributed by atoms with Gasteiger partial charge in [0.15, 0.2) is 0 Å². The fraction of sp³-hybridized carbons (Fsp3) is 0.964. The lowest BCUT2D eigenvalue weighted by atomic mass is 9.92. The molecule has 0 aliphatic heterocycles. The summed E-state index contributed by atoms with van der Waals surface area (Å²) in [6.07, 6.45) is 44.9. The van der Waals surface area contributed by atoms with Crippen molar-refractivity contribution in [3.8, 4) is 0 Å². The Bertz CT molecular complexity index is 813. The number of ether oxygens (including phenoxy) is 3. The van der Waals surface area contributed by atoms with E-state index in [1.54, 1.807) is 0 Å². The van der Waals surface area contributed by atoms with Crippen LogP contribution in [0.4, 0.5) is 0 Å². The summed E-state index contributed by atoms with van der Waals surface area (Å²) >= 11 is 0. The average Bonchev–Trinajstić information content (AvgIpc) is 3.25. The fourth-order valence-corrected chi connectivity index (χ4v) is 9.07. The molecule has 0 radical (unpaired) electrons. The standard InChI is InChI=1S/C55H109NO5/c1-7-13-29-38-51(39-30-14-8-2)48-54(57)60-46-35-27-23-19-17-21-25-33-42-53(50-59-45-37-44-56(11-5)12-6)43-34-26-22-18-20-24-28-36-47-61-55(58)49-52(40-31-15-9-3)41-32-16-10-4/h51-53H,7-50H2,1-6H3. The Morgan fingerprint density at radius 2 is 0.672 bits per heavy atom. The molecule has 0 unspecified atom stereocenters. The van der Waals surface area contributed by atoms with Gasteiger partial charge < -0.3 is 19.1 Å². The first kappa shape index (κ1) is 59.9. The predicted octanol–water partition coefficient (Wildman–Crippen LogP) is 16.8. The van der Waals surface area contributed by atoms with Crippen molar-refractivity contribution in [3.63, 3.8) is 0 Å². The maximum Gasteiger partial charge on any atom is 0.306 e. The van der Waals surface area contributed by atoms with Crippen LogP contribution in [-0.4, -0.2) is 62.9 Å². The third kappa shape index (κ3) is 42.6. The smallest absolute Gasteiger partial charge is 0.306 e. The van der Waals surface area contributed by atoms with Gasteiger partial charge in [0.25, 0.3) is 0 Å². The van der Waals surface area contributed by atoms with E-state index in [0.29, 0.717) is 43.8 Å². The second-order valence-corrected chi connectivity index (χ2v) is 19.1. The number of carbonyl (C=O) groups is 2. The van der Waals surface area contributed by atoms with Crippen molar-refractivity contribution in [2.24, 2.45) is 17.8 Å². The van der Waals surface area contributed by atoms with E-state index >= 15 is 0 Å². The molecule has 0 spiro atoms. The van der Waals surface area contributed by atoms with Crippen molar-refractivity contribution < 1.29 is 23.8 Å². The van der Waals surface area contributed by atoms with E-state index < -0.39 is 0 Å². The fourth-order valence-electron chi connectivity index (χ4n) is 9.07. The summed E-state index contributed by atoms with van der Waals surface area (Å²) < 4.78 is 17.6. The molecule has 0 aromatic heterocycles. The molecule has 0 aromatic rings. The molecule has 0 aromatic carbocycles. The van der Waals surface area contributed by atoms with Crippen LogP contribution in [0, 0.1) is 17.8 Å². The largest absolute Gasteiger partial charge is 0.466 e. The Morgan fingerprint density at radius 1 is 0.361 bits per heavy atom. The predicted molar refractivity (Wildman–Crippen MR) is 265 cm³/mol. The summed E-state index contributed by atoms with van der Waals surface area (Å²) in [6.45, 7) is 19.9. The number of carbonyl (C=O) groups excluding carboxylic acids is 2. The lowest BCUT2D eigenvalue weighted by molar-refractivity contribution is -0.146. The minimum absolute atomic E-state index is 0.0366. The Labute approximate surface area is 382 Å². The molecule has 0 saturated carbocycles. The zero-order valence-corrected chi connectivity index (χ0v) is 42.3. The Kier molecular flexibility index (Phi) is 47.4. The van der Waals surface area contributed by atoms with E-state index in [4.69, 9.17) is 14.2 Å². The third-order valence-corrected chi connectivity index (χ3v) is 13.3. The van der Waals surface area contributed by atoms with E-state index in [2.05, 4.69) is 46.4 Å². The SMILES string of the molecule is CCCCCC(CCCCC)CC(=O)OCCCCCCCCCCC(CCCCCCCCCCOC(=O)CC(CCCCC)CCCCC)COCCCN(CC)CC. The molecule has 61 heavy (non-hydrogen) atoms. The van der Waals surface area contributed by atoms with Crippen molar-refractivity contribution in [1.82, 2.24) is 4.90 Å². The van der Waals surface area contributed by atoms with Gasteiger partial charge in [-0.15, -0.1) is 0 Å². The summed E-state index contributed by atoms with van der Waals surface area (Å²) in [5.41, 5.74) is 0. The average molecular weight is 864 g/mol. The van der Waals surface area contributed by atoms with Gasteiger partial charge >= 0.3 is 11.9 Å². The first-order valence-electron chi connectivity index (χ1n) is 27.5. The summed E-state index contributed by atoms with van der Waals surface area (Å²) in [7, 11) is 0. The lowest BCUT2D eigenvalue weighted by Crippen LogP contribution is -2.25. The van der Waals surface area contributed by atoms with Crippen molar-refractivity contribution in [2.45, 2.75) is 279 Å². The number of esters is 2. The molecular formula is C55H109NO5.